The molecule has 26 heavy (non-hydrogen) atoms. The predicted octanol–water partition coefficient (Wildman–Crippen LogP) is 3.49. The first-order valence-corrected chi connectivity index (χ1v) is 8.94. The number of rotatable bonds is 3. The summed E-state index contributed by atoms with van der Waals surface area (Å²) in [6, 6.07) is 5.36. The summed E-state index contributed by atoms with van der Waals surface area (Å²) < 4.78 is 16.1. The molecule has 0 amide bonds. The number of hydrogen-bond donors (Lipinski definition) is 3. The van der Waals surface area contributed by atoms with Crippen LogP contribution < -0.4 is 16.8 Å². The minimum Gasteiger partial charge on any atom is -0.382 e. The van der Waals surface area contributed by atoms with Crippen molar-refractivity contribution in [1.29, 1.82) is 0 Å². The second-order valence-electron chi connectivity index (χ2n) is 7.09. The van der Waals surface area contributed by atoms with Crippen LogP contribution in [-0.2, 0) is 0 Å². The molecule has 1 aliphatic rings. The molecule has 0 spiro atoms. The van der Waals surface area contributed by atoms with Crippen molar-refractivity contribution >= 4 is 22.8 Å². The van der Waals surface area contributed by atoms with Crippen LogP contribution in [0.4, 0.5) is 21.6 Å². The quantitative estimate of drug-likeness (QED) is 0.669. The zero-order valence-electron chi connectivity index (χ0n) is 14.7. The number of nitrogens with one attached hydrogen (secondary N) is 1. The Morgan fingerprint density at radius 1 is 1.23 bits per heavy atom. The first kappa shape index (κ1) is 16.8. The molecule has 6 nitrogen and oxygen atoms in total. The number of imidazole rings is 1. The molecule has 7 heteroatoms. The first-order valence-electron chi connectivity index (χ1n) is 8.94. The van der Waals surface area contributed by atoms with Crippen molar-refractivity contribution in [3.05, 3.63) is 47.5 Å². The minimum atomic E-state index is -0.304. The molecule has 136 valence electrons. The van der Waals surface area contributed by atoms with Crippen molar-refractivity contribution < 1.29 is 4.39 Å². The van der Waals surface area contributed by atoms with Crippen molar-refractivity contribution in [2.45, 2.75) is 44.6 Å². The molecule has 2 heterocycles. The molecule has 5 N–H and O–H groups in total. The summed E-state index contributed by atoms with van der Waals surface area (Å²) in [5, 5.41) is 7.67. The van der Waals surface area contributed by atoms with Gasteiger partial charge in [0.05, 0.1) is 11.4 Å². The highest BCUT2D eigenvalue weighted by Crippen LogP contribution is 2.41. The van der Waals surface area contributed by atoms with E-state index in [1.54, 1.807) is 23.0 Å². The molecule has 1 fully saturated rings. The predicted molar refractivity (Wildman–Crippen MR) is 101 cm³/mol. The molecule has 0 unspecified atom stereocenters. The molecule has 0 aliphatic heterocycles. The van der Waals surface area contributed by atoms with Crippen LogP contribution >= 0.6 is 0 Å². The highest BCUT2D eigenvalue weighted by Gasteiger charge is 2.27. The van der Waals surface area contributed by atoms with Crippen molar-refractivity contribution in [3.63, 3.8) is 0 Å². The lowest BCUT2D eigenvalue weighted by Gasteiger charge is -2.28. The summed E-state index contributed by atoms with van der Waals surface area (Å²) >= 11 is 0. The van der Waals surface area contributed by atoms with Crippen LogP contribution in [0, 0.1) is 12.7 Å². The van der Waals surface area contributed by atoms with E-state index in [2.05, 4.69) is 15.4 Å². The molecule has 1 saturated carbocycles. The SMILES string of the molecule is Cc1ccc(Nc2c3nccn3nc(N)c2[C@H]2CC[C@H](N)CC2)c(F)c1. The van der Waals surface area contributed by atoms with E-state index < -0.39 is 0 Å². The Bertz CT molecular complexity index is 943. The summed E-state index contributed by atoms with van der Waals surface area (Å²) in [6.45, 7) is 1.86. The summed E-state index contributed by atoms with van der Waals surface area (Å²) in [4.78, 5) is 4.41. The first-order chi connectivity index (χ1) is 12.5. The summed E-state index contributed by atoms with van der Waals surface area (Å²) in [6.07, 6.45) is 7.18. The van der Waals surface area contributed by atoms with Gasteiger partial charge in [-0.05, 0) is 56.2 Å². The van der Waals surface area contributed by atoms with Gasteiger partial charge in [-0.25, -0.2) is 13.9 Å². The van der Waals surface area contributed by atoms with Gasteiger partial charge in [0.25, 0.3) is 0 Å². The Balaban J connectivity index is 1.82. The van der Waals surface area contributed by atoms with E-state index in [4.69, 9.17) is 11.5 Å². The maximum absolute atomic E-state index is 14.4. The van der Waals surface area contributed by atoms with E-state index in [0.717, 1.165) is 42.5 Å². The Hall–Kier alpha value is -2.67. The second-order valence-corrected chi connectivity index (χ2v) is 7.09. The fourth-order valence-corrected chi connectivity index (χ4v) is 3.78. The molecule has 1 aromatic carbocycles. The van der Waals surface area contributed by atoms with Gasteiger partial charge in [0.1, 0.15) is 11.6 Å². The maximum Gasteiger partial charge on any atom is 0.177 e. The van der Waals surface area contributed by atoms with Crippen LogP contribution in [0.2, 0.25) is 0 Å². The fraction of sp³-hybridized carbons (Fsp3) is 0.368. The fourth-order valence-electron chi connectivity index (χ4n) is 3.78. The van der Waals surface area contributed by atoms with Crippen molar-refractivity contribution in [1.82, 2.24) is 14.6 Å². The van der Waals surface area contributed by atoms with Gasteiger partial charge in [-0.2, -0.15) is 0 Å². The Morgan fingerprint density at radius 3 is 2.73 bits per heavy atom. The average molecular weight is 354 g/mol. The Labute approximate surface area is 151 Å². The standard InChI is InChI=1S/C19H23FN6/c1-11-2-7-15(14(20)10-11)24-17-16(12-3-5-13(21)6-4-12)18(22)25-26-9-8-23-19(17)26/h2,7-10,12-13,24H,3-6,21H2,1H3,(H2,22,25)/t12-,13-. The average Bonchev–Trinajstić information content (AvgIpc) is 3.06. The molecule has 0 bridgehead atoms. The van der Waals surface area contributed by atoms with Crippen LogP contribution in [-0.4, -0.2) is 20.6 Å². The monoisotopic (exact) mass is 354 g/mol. The van der Waals surface area contributed by atoms with Crippen LogP contribution in [0.25, 0.3) is 5.65 Å². The van der Waals surface area contributed by atoms with Gasteiger partial charge in [-0.3, -0.25) is 0 Å². The van der Waals surface area contributed by atoms with Gasteiger partial charge < -0.3 is 16.8 Å². The number of nitrogens with zero attached hydrogens (tertiary/aromatic N) is 3. The number of fused-ring (bicyclic) bond motifs is 1. The normalized spacial score (nSPS) is 20.4. The molecule has 0 radical (unpaired) electrons. The largest absolute Gasteiger partial charge is 0.382 e. The lowest BCUT2D eigenvalue weighted by Crippen LogP contribution is -2.26. The third kappa shape index (κ3) is 2.99. The Kier molecular flexibility index (Phi) is 4.24. The molecule has 4 rings (SSSR count). The number of nitrogens with two attached hydrogens (primary N) is 2. The number of aromatic nitrogens is 3. The van der Waals surface area contributed by atoms with Crippen LogP contribution in [0.15, 0.2) is 30.6 Å². The van der Waals surface area contributed by atoms with E-state index >= 15 is 0 Å². The third-order valence-electron chi connectivity index (χ3n) is 5.17. The van der Waals surface area contributed by atoms with Crippen molar-refractivity contribution in [3.8, 4) is 0 Å². The van der Waals surface area contributed by atoms with Gasteiger partial charge in [-0.1, -0.05) is 6.07 Å². The van der Waals surface area contributed by atoms with E-state index in [-0.39, 0.29) is 17.8 Å². The molecule has 2 aromatic heterocycles. The van der Waals surface area contributed by atoms with E-state index in [0.29, 0.717) is 17.2 Å². The number of aryl methyl sites for hydroxylation is 1. The Morgan fingerprint density at radius 2 is 2.00 bits per heavy atom. The molecular weight excluding hydrogens is 331 g/mol. The number of anilines is 3. The van der Waals surface area contributed by atoms with E-state index in [1.807, 2.05) is 13.0 Å². The summed E-state index contributed by atoms with van der Waals surface area (Å²) in [5.74, 6) is 0.382. The lowest BCUT2D eigenvalue weighted by molar-refractivity contribution is 0.396. The van der Waals surface area contributed by atoms with Crippen molar-refractivity contribution in [2.24, 2.45) is 5.73 Å². The molecule has 3 aromatic rings. The summed E-state index contributed by atoms with van der Waals surface area (Å²) in [7, 11) is 0. The summed E-state index contributed by atoms with van der Waals surface area (Å²) in [5.41, 5.74) is 15.9. The van der Waals surface area contributed by atoms with E-state index in [9.17, 15) is 4.39 Å². The number of benzene rings is 1. The molecule has 0 saturated heterocycles. The van der Waals surface area contributed by atoms with Gasteiger partial charge >= 0.3 is 0 Å². The highest BCUT2D eigenvalue weighted by molar-refractivity contribution is 5.81. The second kappa shape index (κ2) is 6.57. The van der Waals surface area contributed by atoms with Gasteiger partial charge in [0.2, 0.25) is 0 Å². The van der Waals surface area contributed by atoms with Crippen LogP contribution in [0.5, 0.6) is 0 Å². The molecule has 1 aliphatic carbocycles. The smallest absolute Gasteiger partial charge is 0.177 e. The van der Waals surface area contributed by atoms with Crippen molar-refractivity contribution in [2.75, 3.05) is 11.1 Å². The van der Waals surface area contributed by atoms with E-state index in [1.165, 1.54) is 6.07 Å². The number of hydrogen-bond acceptors (Lipinski definition) is 5. The third-order valence-corrected chi connectivity index (χ3v) is 5.17. The van der Waals surface area contributed by atoms with Crippen LogP contribution in [0.1, 0.15) is 42.7 Å². The van der Waals surface area contributed by atoms with Crippen LogP contribution in [0.3, 0.4) is 0 Å². The number of halogens is 1. The van der Waals surface area contributed by atoms with Gasteiger partial charge in [0.15, 0.2) is 5.65 Å². The minimum absolute atomic E-state index is 0.236. The number of nitrogen functional groups attached to an aromatic ring is 1. The maximum atomic E-state index is 14.4. The van der Waals surface area contributed by atoms with Gasteiger partial charge in [0, 0.05) is 24.0 Å². The lowest BCUT2D eigenvalue weighted by atomic mass is 9.81. The van der Waals surface area contributed by atoms with Gasteiger partial charge in [-0.15, -0.1) is 5.10 Å². The molecule has 0 atom stereocenters. The zero-order chi connectivity index (χ0) is 18.3. The highest BCUT2D eigenvalue weighted by atomic mass is 19.1. The molecular formula is C19H23FN6. The zero-order valence-corrected chi connectivity index (χ0v) is 14.7. The topological polar surface area (TPSA) is 94.3 Å².